The normalized spacial score (nSPS) is 15.7. The summed E-state index contributed by atoms with van der Waals surface area (Å²) in [4.78, 5) is 17.4. The lowest BCUT2D eigenvalue weighted by molar-refractivity contribution is -0.120. The van der Waals surface area contributed by atoms with E-state index in [0.29, 0.717) is 6.42 Å². The van der Waals surface area contributed by atoms with Crippen LogP contribution in [0.2, 0.25) is 0 Å². The van der Waals surface area contributed by atoms with Gasteiger partial charge in [-0.3, -0.25) is 4.79 Å². The van der Waals surface area contributed by atoms with Gasteiger partial charge in [0.25, 0.3) is 0 Å². The van der Waals surface area contributed by atoms with Gasteiger partial charge in [0.15, 0.2) is 0 Å². The highest BCUT2D eigenvalue weighted by Gasteiger charge is 2.15. The Hall–Kier alpha value is -0.200. The fourth-order valence-electron chi connectivity index (χ4n) is 2.33. The van der Waals surface area contributed by atoms with E-state index < -0.39 is 0 Å². The van der Waals surface area contributed by atoms with Crippen molar-refractivity contribution >= 4 is 40.8 Å². The van der Waals surface area contributed by atoms with Crippen molar-refractivity contribution in [2.24, 2.45) is 0 Å². The van der Waals surface area contributed by atoms with Gasteiger partial charge in [-0.2, -0.15) is 11.8 Å². The van der Waals surface area contributed by atoms with Crippen molar-refractivity contribution in [2.75, 3.05) is 18.6 Å². The van der Waals surface area contributed by atoms with Gasteiger partial charge in [0, 0.05) is 22.4 Å². The SMILES string of the molecule is CSc1nc(C)c(CC(=O)NCCSC2CCCC2)s1. The minimum Gasteiger partial charge on any atom is -0.355 e. The monoisotopic (exact) mass is 330 g/mol. The molecule has 112 valence electrons. The lowest BCUT2D eigenvalue weighted by Gasteiger charge is -2.09. The fraction of sp³-hybridized carbons (Fsp3) is 0.714. The van der Waals surface area contributed by atoms with Crippen molar-refractivity contribution in [3.63, 3.8) is 0 Å². The summed E-state index contributed by atoms with van der Waals surface area (Å²) in [5.41, 5.74) is 0.995. The zero-order valence-corrected chi connectivity index (χ0v) is 14.6. The lowest BCUT2D eigenvalue weighted by atomic mass is 10.3. The summed E-state index contributed by atoms with van der Waals surface area (Å²) in [6.07, 6.45) is 7.96. The first-order valence-corrected chi connectivity index (χ1v) is 10.2. The van der Waals surface area contributed by atoms with Gasteiger partial charge in [-0.1, -0.05) is 24.6 Å². The minimum absolute atomic E-state index is 0.122. The highest BCUT2D eigenvalue weighted by atomic mass is 32.2. The van der Waals surface area contributed by atoms with E-state index in [2.05, 4.69) is 10.3 Å². The average molecular weight is 331 g/mol. The van der Waals surface area contributed by atoms with Crippen molar-refractivity contribution in [2.45, 2.75) is 48.6 Å². The summed E-state index contributed by atoms with van der Waals surface area (Å²) in [6.45, 7) is 2.77. The Labute approximate surface area is 133 Å². The minimum atomic E-state index is 0.122. The molecule has 0 spiro atoms. The molecule has 1 aromatic heterocycles. The number of nitrogens with zero attached hydrogens (tertiary/aromatic N) is 1. The van der Waals surface area contributed by atoms with Gasteiger partial charge >= 0.3 is 0 Å². The second-order valence-corrected chi connectivity index (χ2v) is 8.54. The number of aromatic nitrogens is 1. The molecule has 0 unspecified atom stereocenters. The number of thiazole rings is 1. The maximum absolute atomic E-state index is 11.9. The standard InChI is InChI=1S/C14H22N2OS3/c1-10-12(20-14(16-10)18-2)9-13(17)15-7-8-19-11-5-3-4-6-11/h11H,3-9H2,1-2H3,(H,15,17). The molecule has 0 bridgehead atoms. The molecule has 0 saturated heterocycles. The van der Waals surface area contributed by atoms with Crippen LogP contribution in [0.1, 0.15) is 36.3 Å². The number of carbonyl (C=O) groups excluding carboxylic acids is 1. The van der Waals surface area contributed by atoms with E-state index in [1.165, 1.54) is 25.7 Å². The number of amides is 1. The second-order valence-electron chi connectivity index (χ2n) is 5.00. The van der Waals surface area contributed by atoms with Gasteiger partial charge in [0.05, 0.1) is 12.1 Å². The lowest BCUT2D eigenvalue weighted by Crippen LogP contribution is -2.27. The third kappa shape index (κ3) is 4.97. The molecule has 1 aliphatic carbocycles. The van der Waals surface area contributed by atoms with Gasteiger partial charge in [-0.25, -0.2) is 4.98 Å². The Morgan fingerprint density at radius 1 is 1.45 bits per heavy atom. The number of nitrogens with one attached hydrogen (secondary N) is 1. The van der Waals surface area contributed by atoms with Crippen LogP contribution in [0.15, 0.2) is 4.34 Å². The molecule has 1 heterocycles. The van der Waals surface area contributed by atoms with Crippen LogP contribution in [0, 0.1) is 6.92 Å². The Kier molecular flexibility index (Phi) is 6.71. The molecular weight excluding hydrogens is 308 g/mol. The Balaban J connectivity index is 1.65. The van der Waals surface area contributed by atoms with E-state index in [4.69, 9.17) is 0 Å². The first-order valence-electron chi connectivity index (χ1n) is 7.07. The summed E-state index contributed by atoms with van der Waals surface area (Å²) in [6, 6.07) is 0. The largest absolute Gasteiger partial charge is 0.355 e. The van der Waals surface area contributed by atoms with E-state index in [9.17, 15) is 4.79 Å². The number of hydrogen-bond donors (Lipinski definition) is 1. The summed E-state index contributed by atoms with van der Waals surface area (Å²) in [5, 5.41) is 3.86. The highest BCUT2D eigenvalue weighted by molar-refractivity contribution is 8.00. The summed E-state index contributed by atoms with van der Waals surface area (Å²) < 4.78 is 1.04. The van der Waals surface area contributed by atoms with Crippen LogP contribution in [-0.2, 0) is 11.2 Å². The fourth-order valence-corrected chi connectivity index (χ4v) is 5.21. The van der Waals surface area contributed by atoms with Crippen LogP contribution < -0.4 is 5.32 Å². The molecule has 1 saturated carbocycles. The number of hydrogen-bond acceptors (Lipinski definition) is 5. The first-order chi connectivity index (χ1) is 9.69. The van der Waals surface area contributed by atoms with Gasteiger partial charge in [0.2, 0.25) is 5.91 Å². The molecule has 0 aliphatic heterocycles. The Bertz CT molecular complexity index is 442. The molecule has 0 radical (unpaired) electrons. The van der Waals surface area contributed by atoms with Crippen LogP contribution in [0.5, 0.6) is 0 Å². The molecule has 1 aliphatic rings. The Morgan fingerprint density at radius 2 is 2.20 bits per heavy atom. The van der Waals surface area contributed by atoms with E-state index in [-0.39, 0.29) is 5.91 Å². The van der Waals surface area contributed by atoms with Crippen molar-refractivity contribution < 1.29 is 4.79 Å². The summed E-state index contributed by atoms with van der Waals surface area (Å²) in [5.74, 6) is 1.16. The zero-order chi connectivity index (χ0) is 14.4. The van der Waals surface area contributed by atoms with Crippen molar-refractivity contribution in [3.05, 3.63) is 10.6 Å². The second kappa shape index (κ2) is 8.29. The average Bonchev–Trinajstić information content (AvgIpc) is 3.05. The number of rotatable bonds is 7. The van der Waals surface area contributed by atoms with Crippen LogP contribution >= 0.6 is 34.9 Å². The smallest absolute Gasteiger partial charge is 0.225 e. The number of thioether (sulfide) groups is 2. The van der Waals surface area contributed by atoms with E-state index in [1.807, 2.05) is 24.9 Å². The maximum Gasteiger partial charge on any atom is 0.225 e. The molecular formula is C14H22N2OS3. The predicted molar refractivity (Wildman–Crippen MR) is 90.1 cm³/mol. The van der Waals surface area contributed by atoms with Gasteiger partial charge in [-0.05, 0) is 26.0 Å². The molecule has 2 rings (SSSR count). The first kappa shape index (κ1) is 16.2. The molecule has 6 heteroatoms. The molecule has 1 aromatic rings. The van der Waals surface area contributed by atoms with Crippen molar-refractivity contribution in [1.82, 2.24) is 10.3 Å². The zero-order valence-electron chi connectivity index (χ0n) is 12.1. The molecule has 1 fully saturated rings. The molecule has 0 aromatic carbocycles. The summed E-state index contributed by atoms with van der Waals surface area (Å²) >= 11 is 5.29. The third-order valence-corrected chi connectivity index (χ3v) is 6.97. The molecule has 1 N–H and O–H groups in total. The third-order valence-electron chi connectivity index (χ3n) is 3.45. The van der Waals surface area contributed by atoms with E-state index in [1.54, 1.807) is 23.1 Å². The van der Waals surface area contributed by atoms with E-state index >= 15 is 0 Å². The quantitative estimate of drug-likeness (QED) is 0.614. The van der Waals surface area contributed by atoms with Gasteiger partial charge in [-0.15, -0.1) is 11.3 Å². The van der Waals surface area contributed by atoms with E-state index in [0.717, 1.165) is 32.5 Å². The van der Waals surface area contributed by atoms with Crippen LogP contribution in [0.4, 0.5) is 0 Å². The molecule has 0 atom stereocenters. The van der Waals surface area contributed by atoms with Gasteiger partial charge < -0.3 is 5.32 Å². The van der Waals surface area contributed by atoms with Crippen LogP contribution in [0.3, 0.4) is 0 Å². The number of carbonyl (C=O) groups is 1. The molecule has 3 nitrogen and oxygen atoms in total. The maximum atomic E-state index is 11.9. The highest BCUT2D eigenvalue weighted by Crippen LogP contribution is 2.29. The van der Waals surface area contributed by atoms with Crippen LogP contribution in [-0.4, -0.2) is 34.7 Å². The Morgan fingerprint density at radius 3 is 2.85 bits per heavy atom. The number of aryl methyl sites for hydroxylation is 1. The summed E-state index contributed by atoms with van der Waals surface area (Å²) in [7, 11) is 0. The molecule has 1 amide bonds. The van der Waals surface area contributed by atoms with Crippen LogP contribution in [0.25, 0.3) is 0 Å². The predicted octanol–water partition coefficient (Wildman–Crippen LogP) is 3.51. The topological polar surface area (TPSA) is 42.0 Å². The molecule has 20 heavy (non-hydrogen) atoms. The van der Waals surface area contributed by atoms with Crippen molar-refractivity contribution in [3.8, 4) is 0 Å². The van der Waals surface area contributed by atoms with Gasteiger partial charge in [0.1, 0.15) is 4.34 Å². The van der Waals surface area contributed by atoms with Crippen molar-refractivity contribution in [1.29, 1.82) is 0 Å².